The lowest BCUT2D eigenvalue weighted by Gasteiger charge is -2.03. The Morgan fingerprint density at radius 2 is 2.17 bits per heavy atom. The average molecular weight is 262 g/mol. The minimum Gasteiger partial charge on any atom is -0.478 e. The van der Waals surface area contributed by atoms with E-state index in [4.69, 9.17) is 5.11 Å². The highest BCUT2D eigenvalue weighted by molar-refractivity contribution is 7.99. The summed E-state index contributed by atoms with van der Waals surface area (Å²) in [6.07, 6.45) is 1.76. The van der Waals surface area contributed by atoms with Crippen LogP contribution in [0.15, 0.2) is 42.1 Å². The molecule has 0 saturated heterocycles. The maximum Gasteiger partial charge on any atom is 0.335 e. The number of carboxylic acids is 1. The molecule has 2 aromatic rings. The van der Waals surface area contributed by atoms with Crippen molar-refractivity contribution in [2.45, 2.75) is 5.16 Å². The van der Waals surface area contributed by atoms with Crippen LogP contribution in [0.2, 0.25) is 0 Å². The third-order valence-electron chi connectivity index (χ3n) is 2.13. The van der Waals surface area contributed by atoms with Crippen molar-refractivity contribution in [1.29, 1.82) is 0 Å². The van der Waals surface area contributed by atoms with Gasteiger partial charge in [-0.05, 0) is 34.7 Å². The highest BCUT2D eigenvalue weighted by atomic mass is 32.2. The zero-order chi connectivity index (χ0) is 13.0. The lowest BCUT2D eigenvalue weighted by Crippen LogP contribution is -2.01. The van der Waals surface area contributed by atoms with Gasteiger partial charge in [0.05, 0.1) is 11.3 Å². The minimum absolute atomic E-state index is 0.229. The number of thioether (sulfide) groups is 1. The number of hydrogen-bond acceptors (Lipinski definition) is 5. The lowest BCUT2D eigenvalue weighted by atomic mass is 10.2. The van der Waals surface area contributed by atoms with Crippen LogP contribution in [0.4, 0.5) is 0 Å². The van der Waals surface area contributed by atoms with E-state index in [9.17, 15) is 4.79 Å². The van der Waals surface area contributed by atoms with Crippen molar-refractivity contribution in [3.63, 3.8) is 0 Å². The molecule has 0 amide bonds. The predicted octanol–water partition coefficient (Wildman–Crippen LogP) is 1.64. The predicted molar refractivity (Wildman–Crippen MR) is 67.0 cm³/mol. The van der Waals surface area contributed by atoms with E-state index in [1.165, 1.54) is 23.9 Å². The zero-order valence-corrected chi connectivity index (χ0v) is 10.2. The summed E-state index contributed by atoms with van der Waals surface area (Å²) in [7, 11) is 0. The second-order valence-corrected chi connectivity index (χ2v) is 4.31. The van der Waals surface area contributed by atoms with Crippen LogP contribution in [-0.4, -0.2) is 37.0 Å². The SMILES string of the molecule is C=CCSc1nnnn1-c1ccc(C(=O)O)cc1. The Morgan fingerprint density at radius 3 is 2.78 bits per heavy atom. The number of aromatic nitrogens is 4. The van der Waals surface area contributed by atoms with Crippen molar-refractivity contribution in [2.24, 2.45) is 0 Å². The van der Waals surface area contributed by atoms with Crippen molar-refractivity contribution in [1.82, 2.24) is 20.2 Å². The Morgan fingerprint density at radius 1 is 1.44 bits per heavy atom. The molecule has 7 heteroatoms. The molecule has 0 spiro atoms. The molecule has 0 fully saturated rings. The molecule has 0 aliphatic heterocycles. The van der Waals surface area contributed by atoms with Crippen LogP contribution in [-0.2, 0) is 0 Å². The van der Waals surface area contributed by atoms with Gasteiger partial charge < -0.3 is 5.11 Å². The topological polar surface area (TPSA) is 80.9 Å². The first kappa shape index (κ1) is 12.3. The van der Waals surface area contributed by atoms with Gasteiger partial charge in [-0.1, -0.05) is 17.8 Å². The molecule has 18 heavy (non-hydrogen) atoms. The van der Waals surface area contributed by atoms with Crippen molar-refractivity contribution in [3.05, 3.63) is 42.5 Å². The van der Waals surface area contributed by atoms with Crippen molar-refractivity contribution in [3.8, 4) is 5.69 Å². The minimum atomic E-state index is -0.959. The fourth-order valence-electron chi connectivity index (χ4n) is 1.31. The first-order chi connectivity index (χ1) is 8.72. The van der Waals surface area contributed by atoms with Crippen LogP contribution >= 0.6 is 11.8 Å². The van der Waals surface area contributed by atoms with E-state index in [0.29, 0.717) is 10.9 Å². The van der Waals surface area contributed by atoms with E-state index in [0.717, 1.165) is 5.69 Å². The third kappa shape index (κ3) is 2.57. The van der Waals surface area contributed by atoms with Gasteiger partial charge in [0.2, 0.25) is 5.16 Å². The van der Waals surface area contributed by atoms with Crippen LogP contribution in [0.25, 0.3) is 5.69 Å². The molecule has 1 aromatic carbocycles. The molecule has 0 bridgehead atoms. The summed E-state index contributed by atoms with van der Waals surface area (Å²) in [4.78, 5) is 10.7. The number of aromatic carboxylic acids is 1. The highest BCUT2D eigenvalue weighted by Crippen LogP contribution is 2.18. The molecule has 6 nitrogen and oxygen atoms in total. The Labute approximate surface area is 107 Å². The van der Waals surface area contributed by atoms with Gasteiger partial charge in [0.15, 0.2) is 0 Å². The first-order valence-corrected chi connectivity index (χ1v) is 6.06. The molecule has 0 saturated carbocycles. The largest absolute Gasteiger partial charge is 0.478 e. The number of tetrazole rings is 1. The van der Waals surface area contributed by atoms with Crippen LogP contribution in [0.3, 0.4) is 0 Å². The Bertz CT molecular complexity index is 565. The molecular formula is C11H10N4O2S. The van der Waals surface area contributed by atoms with Crippen LogP contribution in [0.5, 0.6) is 0 Å². The molecule has 92 valence electrons. The van der Waals surface area contributed by atoms with Gasteiger partial charge in [-0.15, -0.1) is 11.7 Å². The van der Waals surface area contributed by atoms with Gasteiger partial charge in [-0.3, -0.25) is 0 Å². The number of carboxylic acid groups (broad SMARTS) is 1. The summed E-state index contributed by atoms with van der Waals surface area (Å²) in [5.41, 5.74) is 0.948. The van der Waals surface area contributed by atoms with Crippen LogP contribution < -0.4 is 0 Å². The summed E-state index contributed by atoms with van der Waals surface area (Å²) in [5, 5.41) is 20.8. The fraction of sp³-hybridized carbons (Fsp3) is 0.0909. The van der Waals surface area contributed by atoms with E-state index in [-0.39, 0.29) is 5.56 Å². The number of carbonyl (C=O) groups is 1. The van der Waals surface area contributed by atoms with E-state index in [2.05, 4.69) is 22.1 Å². The van der Waals surface area contributed by atoms with E-state index >= 15 is 0 Å². The number of benzene rings is 1. The summed E-state index contributed by atoms with van der Waals surface area (Å²) < 4.78 is 1.56. The number of hydrogen-bond donors (Lipinski definition) is 1. The van der Waals surface area contributed by atoms with E-state index in [1.807, 2.05) is 0 Å². The zero-order valence-electron chi connectivity index (χ0n) is 9.35. The smallest absolute Gasteiger partial charge is 0.335 e. The molecule has 1 heterocycles. The molecule has 0 unspecified atom stereocenters. The average Bonchev–Trinajstić information content (AvgIpc) is 2.84. The maximum absolute atomic E-state index is 10.7. The van der Waals surface area contributed by atoms with Gasteiger partial charge >= 0.3 is 5.97 Å². The quantitative estimate of drug-likeness (QED) is 0.651. The van der Waals surface area contributed by atoms with Gasteiger partial charge in [0, 0.05) is 5.75 Å². The Hall–Kier alpha value is -2.15. The molecule has 1 N–H and O–H groups in total. The lowest BCUT2D eigenvalue weighted by molar-refractivity contribution is 0.0697. The van der Waals surface area contributed by atoms with Crippen molar-refractivity contribution >= 4 is 17.7 Å². The molecule has 2 rings (SSSR count). The molecule has 1 aromatic heterocycles. The monoisotopic (exact) mass is 262 g/mol. The summed E-state index contributed by atoms with van der Waals surface area (Å²) in [6.45, 7) is 3.63. The molecule has 0 radical (unpaired) electrons. The van der Waals surface area contributed by atoms with Crippen molar-refractivity contribution < 1.29 is 9.90 Å². The first-order valence-electron chi connectivity index (χ1n) is 5.08. The van der Waals surface area contributed by atoms with Gasteiger partial charge in [-0.2, -0.15) is 4.68 Å². The summed E-state index contributed by atoms with van der Waals surface area (Å²) in [5.74, 6) is -0.257. The Balaban J connectivity index is 2.28. The summed E-state index contributed by atoms with van der Waals surface area (Å²) >= 11 is 1.45. The van der Waals surface area contributed by atoms with Gasteiger partial charge in [-0.25, -0.2) is 4.79 Å². The molecule has 0 aliphatic carbocycles. The van der Waals surface area contributed by atoms with E-state index in [1.54, 1.807) is 22.9 Å². The number of nitrogens with zero attached hydrogens (tertiary/aromatic N) is 4. The maximum atomic E-state index is 10.7. The van der Waals surface area contributed by atoms with E-state index < -0.39 is 5.97 Å². The number of rotatable bonds is 5. The molecule has 0 atom stereocenters. The normalized spacial score (nSPS) is 10.2. The third-order valence-corrected chi connectivity index (χ3v) is 3.05. The molecule has 0 aliphatic rings. The van der Waals surface area contributed by atoms with Crippen LogP contribution in [0, 0.1) is 0 Å². The highest BCUT2D eigenvalue weighted by Gasteiger charge is 2.09. The Kier molecular flexibility index (Phi) is 3.73. The second-order valence-electron chi connectivity index (χ2n) is 3.32. The second kappa shape index (κ2) is 5.46. The van der Waals surface area contributed by atoms with Gasteiger partial charge in [0.25, 0.3) is 0 Å². The van der Waals surface area contributed by atoms with Crippen LogP contribution in [0.1, 0.15) is 10.4 Å². The fourth-order valence-corrected chi connectivity index (χ4v) is 1.94. The standard InChI is InChI=1S/C11H10N4O2S/c1-2-7-18-11-12-13-14-15(11)9-5-3-8(4-6-9)10(16)17/h2-6H,1,7H2,(H,16,17). The molecular weight excluding hydrogens is 252 g/mol. The summed E-state index contributed by atoms with van der Waals surface area (Å²) in [6, 6.07) is 6.36. The van der Waals surface area contributed by atoms with Crippen molar-refractivity contribution in [2.75, 3.05) is 5.75 Å². The van der Waals surface area contributed by atoms with Gasteiger partial charge in [0.1, 0.15) is 0 Å².